The first-order valence-electron chi connectivity index (χ1n) is 9.33. The second-order valence-electron chi connectivity index (χ2n) is 6.71. The second kappa shape index (κ2) is 10.2. The van der Waals surface area contributed by atoms with Gasteiger partial charge in [-0.3, -0.25) is 14.6 Å². The molecule has 0 spiro atoms. The number of carbonyl (C=O) groups is 2. The number of aliphatic carboxylic acids is 1. The minimum absolute atomic E-state index is 0.0355. The summed E-state index contributed by atoms with van der Waals surface area (Å²) in [6.07, 6.45) is 1.93. The molecule has 3 rings (SSSR count). The Morgan fingerprint density at radius 3 is 2.62 bits per heavy atom. The third-order valence-corrected chi connectivity index (χ3v) is 4.78. The molecular weight excluding hydrogens is 454 g/mol. The molecule has 11 nitrogen and oxygen atoms in total. The van der Waals surface area contributed by atoms with Crippen LogP contribution in [0.2, 0.25) is 0 Å². The van der Waals surface area contributed by atoms with Crippen LogP contribution in [0.25, 0.3) is 11.2 Å². The Morgan fingerprint density at radius 2 is 1.97 bits per heavy atom. The number of aromatic nitrogens is 4. The normalized spacial score (nSPS) is 11.7. The number of thiocarbonyl (C=S) groups is 1. The zero-order valence-electron chi connectivity index (χ0n) is 16.5. The standard InChI is InChI=1S/C19H19N7O4S2/c20-19-25-15-14(17(28)26-19)23-11(8-22-15)7-21-10-3-1-9(2-4-10)16(27)24-12(18(29)30)5-6-13(31)32/h1-4,8,12,21H,5-7H2,(H,24,27)(H,29,30)(H,31,32)(H3,20,22,25,26,28)/t12-/m0/s1. The SMILES string of the molecule is Nc1nc2ncc(CNc3ccc(C(=O)N[C@@H](CCC(=S)S)C(=O)O)cc3)nc2c(=O)[nH]1. The number of amides is 1. The van der Waals surface area contributed by atoms with Gasteiger partial charge in [0, 0.05) is 15.4 Å². The maximum atomic E-state index is 12.4. The van der Waals surface area contributed by atoms with Crippen LogP contribution in [-0.2, 0) is 11.3 Å². The minimum Gasteiger partial charge on any atom is -0.480 e. The van der Waals surface area contributed by atoms with Crippen LogP contribution in [0.1, 0.15) is 28.9 Å². The predicted octanol–water partition coefficient (Wildman–Crippen LogP) is 1.13. The van der Waals surface area contributed by atoms with Gasteiger partial charge in [0.05, 0.1) is 18.4 Å². The number of nitrogens with one attached hydrogen (secondary N) is 3. The summed E-state index contributed by atoms with van der Waals surface area (Å²) in [6.45, 7) is 0.267. The molecule has 13 heteroatoms. The number of hydrogen-bond acceptors (Lipinski definition) is 9. The van der Waals surface area contributed by atoms with Gasteiger partial charge in [0.1, 0.15) is 6.04 Å². The van der Waals surface area contributed by atoms with Crippen molar-refractivity contribution in [3.63, 3.8) is 0 Å². The summed E-state index contributed by atoms with van der Waals surface area (Å²) < 4.78 is 0.377. The molecule has 0 aliphatic carbocycles. The van der Waals surface area contributed by atoms with Crippen molar-refractivity contribution in [3.8, 4) is 0 Å². The number of hydrogen-bond donors (Lipinski definition) is 6. The number of carboxylic acids is 1. The molecule has 0 saturated heterocycles. The first-order chi connectivity index (χ1) is 15.2. The molecule has 1 aromatic carbocycles. The van der Waals surface area contributed by atoms with Gasteiger partial charge in [-0.2, -0.15) is 4.98 Å². The van der Waals surface area contributed by atoms with Gasteiger partial charge < -0.3 is 21.5 Å². The third kappa shape index (κ3) is 5.98. The fourth-order valence-electron chi connectivity index (χ4n) is 2.75. The fourth-order valence-corrected chi connectivity index (χ4v) is 3.00. The summed E-state index contributed by atoms with van der Waals surface area (Å²) in [6, 6.07) is 5.38. The van der Waals surface area contributed by atoms with Crippen molar-refractivity contribution < 1.29 is 14.7 Å². The van der Waals surface area contributed by atoms with E-state index in [-0.39, 0.29) is 30.1 Å². The maximum Gasteiger partial charge on any atom is 0.326 e. The molecule has 1 atom stereocenters. The molecule has 2 aromatic heterocycles. The van der Waals surface area contributed by atoms with Gasteiger partial charge in [-0.25, -0.2) is 14.8 Å². The number of fused-ring (bicyclic) bond motifs is 1. The van der Waals surface area contributed by atoms with E-state index in [0.29, 0.717) is 27.6 Å². The smallest absolute Gasteiger partial charge is 0.326 e. The Hall–Kier alpha value is -3.58. The maximum absolute atomic E-state index is 12.4. The molecule has 3 aromatic rings. The van der Waals surface area contributed by atoms with Crippen LogP contribution in [0.5, 0.6) is 0 Å². The number of aromatic amines is 1. The number of carboxylic acid groups (broad SMARTS) is 1. The van der Waals surface area contributed by atoms with E-state index in [1.165, 1.54) is 6.20 Å². The number of carbonyl (C=O) groups excluding carboxylic acids is 1. The van der Waals surface area contributed by atoms with Gasteiger partial charge in [0.2, 0.25) is 5.95 Å². The molecule has 32 heavy (non-hydrogen) atoms. The summed E-state index contributed by atoms with van der Waals surface area (Å²) in [7, 11) is 0. The number of rotatable bonds is 9. The molecule has 0 aliphatic heterocycles. The Labute approximate surface area is 192 Å². The van der Waals surface area contributed by atoms with E-state index in [1.807, 2.05) is 0 Å². The van der Waals surface area contributed by atoms with Crippen molar-refractivity contribution in [2.45, 2.75) is 25.4 Å². The van der Waals surface area contributed by atoms with Crippen LogP contribution in [0.3, 0.4) is 0 Å². The molecule has 166 valence electrons. The van der Waals surface area contributed by atoms with Gasteiger partial charge in [-0.15, -0.1) is 12.6 Å². The number of H-pyrrole nitrogens is 1. The third-order valence-electron chi connectivity index (χ3n) is 4.36. The first-order valence-corrected chi connectivity index (χ1v) is 10.2. The van der Waals surface area contributed by atoms with E-state index in [0.717, 1.165) is 0 Å². The molecule has 1 amide bonds. The highest BCUT2D eigenvalue weighted by Crippen LogP contribution is 2.12. The van der Waals surface area contributed by atoms with Crippen LogP contribution in [0.15, 0.2) is 35.3 Å². The van der Waals surface area contributed by atoms with Gasteiger partial charge in [-0.05, 0) is 37.1 Å². The monoisotopic (exact) mass is 473 g/mol. The second-order valence-corrected chi connectivity index (χ2v) is 8.05. The van der Waals surface area contributed by atoms with Crippen molar-refractivity contribution in [2.24, 2.45) is 0 Å². The molecule has 0 aliphatic rings. The highest BCUT2D eigenvalue weighted by molar-refractivity contribution is 8.11. The molecule has 6 N–H and O–H groups in total. The molecule has 0 radical (unpaired) electrons. The number of anilines is 2. The average molecular weight is 474 g/mol. The van der Waals surface area contributed by atoms with Crippen LogP contribution in [0.4, 0.5) is 11.6 Å². The van der Waals surface area contributed by atoms with Gasteiger partial charge in [-0.1, -0.05) is 12.2 Å². The molecule has 0 bridgehead atoms. The van der Waals surface area contributed by atoms with Crippen LogP contribution in [0, 0.1) is 0 Å². The minimum atomic E-state index is -1.14. The molecule has 0 unspecified atom stereocenters. The molecular formula is C19H19N7O4S2. The highest BCUT2D eigenvalue weighted by Gasteiger charge is 2.20. The van der Waals surface area contributed by atoms with Gasteiger partial charge >= 0.3 is 5.97 Å². The summed E-state index contributed by atoms with van der Waals surface area (Å²) >= 11 is 8.81. The van der Waals surface area contributed by atoms with Crippen molar-refractivity contribution in [1.82, 2.24) is 25.3 Å². The zero-order valence-corrected chi connectivity index (χ0v) is 18.2. The largest absolute Gasteiger partial charge is 0.480 e. The number of nitrogens with zero attached hydrogens (tertiary/aromatic N) is 3. The van der Waals surface area contributed by atoms with E-state index in [4.69, 9.17) is 18.0 Å². The average Bonchev–Trinajstić information content (AvgIpc) is 2.75. The van der Waals surface area contributed by atoms with Gasteiger partial charge in [0.15, 0.2) is 11.2 Å². The molecule has 2 heterocycles. The van der Waals surface area contributed by atoms with Crippen molar-refractivity contribution >= 4 is 63.7 Å². The molecule has 0 fully saturated rings. The van der Waals surface area contributed by atoms with E-state index < -0.39 is 23.5 Å². The van der Waals surface area contributed by atoms with Crippen molar-refractivity contribution in [3.05, 3.63) is 52.1 Å². The summed E-state index contributed by atoms with van der Waals surface area (Å²) in [4.78, 5) is 50.2. The van der Waals surface area contributed by atoms with E-state index >= 15 is 0 Å². The lowest BCUT2D eigenvalue weighted by atomic mass is 10.1. The Bertz CT molecular complexity index is 1230. The Balaban J connectivity index is 1.62. The van der Waals surface area contributed by atoms with E-state index in [2.05, 4.69) is 43.2 Å². The zero-order chi connectivity index (χ0) is 23.3. The summed E-state index contributed by atoms with van der Waals surface area (Å²) in [5.41, 5.74) is 6.73. The van der Waals surface area contributed by atoms with Crippen LogP contribution < -0.4 is 21.9 Å². The number of thiol groups is 1. The topological polar surface area (TPSA) is 176 Å². The fraction of sp³-hybridized carbons (Fsp3) is 0.211. The van der Waals surface area contributed by atoms with Crippen molar-refractivity contribution in [1.29, 1.82) is 0 Å². The van der Waals surface area contributed by atoms with Crippen LogP contribution in [-0.4, -0.2) is 47.2 Å². The quantitative estimate of drug-likeness (QED) is 0.195. The van der Waals surface area contributed by atoms with E-state index in [9.17, 15) is 19.5 Å². The lowest BCUT2D eigenvalue weighted by Gasteiger charge is -2.14. The predicted molar refractivity (Wildman–Crippen MR) is 126 cm³/mol. The Kier molecular flexibility index (Phi) is 7.33. The van der Waals surface area contributed by atoms with Crippen LogP contribution >= 0.6 is 24.8 Å². The van der Waals surface area contributed by atoms with E-state index in [1.54, 1.807) is 24.3 Å². The number of nitrogens with two attached hydrogens (primary N) is 1. The number of benzene rings is 1. The summed E-state index contributed by atoms with van der Waals surface area (Å²) in [5, 5.41) is 14.8. The lowest BCUT2D eigenvalue weighted by Crippen LogP contribution is -2.40. The van der Waals surface area contributed by atoms with Gasteiger partial charge in [0.25, 0.3) is 11.5 Å². The summed E-state index contributed by atoms with van der Waals surface area (Å²) in [5.74, 6) is -1.69. The number of nitrogen functional groups attached to an aromatic ring is 1. The Morgan fingerprint density at radius 1 is 1.25 bits per heavy atom. The first kappa shape index (κ1) is 23.1. The molecule has 0 saturated carbocycles. The highest BCUT2D eigenvalue weighted by atomic mass is 32.1. The van der Waals surface area contributed by atoms with Crippen molar-refractivity contribution in [2.75, 3.05) is 11.1 Å². The lowest BCUT2D eigenvalue weighted by molar-refractivity contribution is -0.139.